The van der Waals surface area contributed by atoms with Crippen molar-refractivity contribution in [3.8, 4) is 21.9 Å². The number of carbonyl (C=O) groups is 1. The number of rotatable bonds is 15. The van der Waals surface area contributed by atoms with Crippen LogP contribution < -0.4 is 14.8 Å². The van der Waals surface area contributed by atoms with Gasteiger partial charge >= 0.3 is 0 Å². The van der Waals surface area contributed by atoms with Crippen LogP contribution in [0.15, 0.2) is 72.8 Å². The van der Waals surface area contributed by atoms with Gasteiger partial charge in [-0.3, -0.25) is 9.69 Å². The first-order chi connectivity index (χ1) is 20.6. The summed E-state index contributed by atoms with van der Waals surface area (Å²) in [6, 6.07) is 25.6. The van der Waals surface area contributed by atoms with Crippen LogP contribution in [-0.2, 0) is 11.2 Å². The highest BCUT2D eigenvalue weighted by atomic mass is 32.1. The molecular weight excluding hydrogens is 540 g/mol. The largest absolute Gasteiger partial charge is 0.492 e. The van der Waals surface area contributed by atoms with Crippen molar-refractivity contribution in [3.63, 3.8) is 0 Å². The summed E-state index contributed by atoms with van der Waals surface area (Å²) in [6.45, 7) is 8.73. The molecule has 5 nitrogen and oxygen atoms in total. The van der Waals surface area contributed by atoms with Crippen molar-refractivity contribution in [1.82, 2.24) is 10.2 Å². The number of hydrogen-bond donors (Lipinski definition) is 1. The number of benzene rings is 3. The maximum absolute atomic E-state index is 12.1. The Morgan fingerprint density at radius 3 is 2.40 bits per heavy atom. The van der Waals surface area contributed by atoms with Gasteiger partial charge in [0.05, 0.1) is 6.04 Å². The molecule has 6 heteroatoms. The van der Waals surface area contributed by atoms with Gasteiger partial charge in [-0.05, 0) is 110 Å². The Balaban J connectivity index is 1.21. The topological polar surface area (TPSA) is 50.8 Å². The molecule has 0 radical (unpaired) electrons. The molecule has 4 aromatic rings. The smallest absolute Gasteiger partial charge is 0.220 e. The number of amides is 1. The lowest BCUT2D eigenvalue weighted by atomic mass is 9.99. The Morgan fingerprint density at radius 2 is 1.64 bits per heavy atom. The summed E-state index contributed by atoms with van der Waals surface area (Å²) in [5, 5.41) is 4.36. The molecule has 1 fully saturated rings. The van der Waals surface area contributed by atoms with Crippen LogP contribution in [0.2, 0.25) is 0 Å². The molecule has 1 saturated heterocycles. The molecule has 1 unspecified atom stereocenters. The first-order valence-electron chi connectivity index (χ1n) is 15.6. The summed E-state index contributed by atoms with van der Waals surface area (Å²) in [6.07, 6.45) is 7.22. The van der Waals surface area contributed by atoms with E-state index in [2.05, 4.69) is 77.8 Å². The van der Waals surface area contributed by atoms with Crippen molar-refractivity contribution in [2.75, 3.05) is 32.8 Å². The second-order valence-electron chi connectivity index (χ2n) is 11.4. The van der Waals surface area contributed by atoms with Crippen LogP contribution in [0.5, 0.6) is 11.5 Å². The van der Waals surface area contributed by atoms with Crippen LogP contribution in [0.3, 0.4) is 0 Å². The summed E-state index contributed by atoms with van der Waals surface area (Å²) >= 11 is 1.84. The fraction of sp³-hybridized carbons (Fsp3) is 0.417. The second-order valence-corrected chi connectivity index (χ2v) is 12.4. The normalized spacial score (nSPS) is 14.2. The molecule has 42 heavy (non-hydrogen) atoms. The third-order valence-corrected chi connectivity index (χ3v) is 9.17. The molecule has 222 valence electrons. The van der Waals surface area contributed by atoms with E-state index in [0.717, 1.165) is 50.3 Å². The van der Waals surface area contributed by atoms with Crippen molar-refractivity contribution in [2.24, 2.45) is 0 Å². The molecule has 0 spiro atoms. The Morgan fingerprint density at radius 1 is 0.929 bits per heavy atom. The molecule has 0 saturated carbocycles. The van der Waals surface area contributed by atoms with E-state index in [1.54, 1.807) is 0 Å². The summed E-state index contributed by atoms with van der Waals surface area (Å²) in [4.78, 5) is 15.9. The predicted octanol–water partition coefficient (Wildman–Crippen LogP) is 8.10. The molecule has 1 aliphatic rings. The molecule has 1 atom stereocenters. The zero-order valence-corrected chi connectivity index (χ0v) is 25.9. The quantitative estimate of drug-likeness (QED) is 0.144. The maximum Gasteiger partial charge on any atom is 0.220 e. The number of nitrogens with one attached hydrogen (secondary N) is 1. The first kappa shape index (κ1) is 30.1. The van der Waals surface area contributed by atoms with Gasteiger partial charge in [0, 0.05) is 22.5 Å². The van der Waals surface area contributed by atoms with E-state index in [0.29, 0.717) is 13.0 Å². The van der Waals surface area contributed by atoms with E-state index in [4.69, 9.17) is 9.47 Å². The Bertz CT molecular complexity index is 1410. The maximum atomic E-state index is 12.1. The highest BCUT2D eigenvalue weighted by molar-refractivity contribution is 7.22. The summed E-state index contributed by atoms with van der Waals surface area (Å²) in [7, 11) is 0. The van der Waals surface area contributed by atoms with Gasteiger partial charge in [-0.2, -0.15) is 0 Å². The van der Waals surface area contributed by atoms with Gasteiger partial charge in [0.1, 0.15) is 24.7 Å². The second kappa shape index (κ2) is 15.2. The summed E-state index contributed by atoms with van der Waals surface area (Å²) < 4.78 is 13.3. The summed E-state index contributed by atoms with van der Waals surface area (Å²) in [5.41, 5.74) is 3.82. The molecule has 5 rings (SSSR count). The van der Waals surface area contributed by atoms with Gasteiger partial charge in [0.15, 0.2) is 0 Å². The lowest BCUT2D eigenvalue weighted by Gasteiger charge is -2.15. The zero-order valence-electron chi connectivity index (χ0n) is 25.1. The standard InChI is InChI=1S/C36H44N2O3S/c1-3-4-5-12-35(39)37-27(2)26-41-31-19-15-29(16-20-31)36-33(32-10-6-7-11-34(32)42-36)25-28-13-17-30(18-14-28)40-24-23-38-21-8-9-22-38/h6-7,10-11,13-20,27H,3-5,8-9,12,21-26H2,1-2H3,(H,37,39). The van der Waals surface area contributed by atoms with Gasteiger partial charge in [-0.15, -0.1) is 11.3 Å². The van der Waals surface area contributed by atoms with Crippen molar-refractivity contribution in [1.29, 1.82) is 0 Å². The van der Waals surface area contributed by atoms with Gasteiger partial charge in [0.2, 0.25) is 5.91 Å². The number of carbonyl (C=O) groups excluding carboxylic acids is 1. The monoisotopic (exact) mass is 584 g/mol. The van der Waals surface area contributed by atoms with Crippen molar-refractivity contribution in [2.45, 2.75) is 64.8 Å². The number of thiophene rings is 1. The number of fused-ring (bicyclic) bond motifs is 1. The van der Waals surface area contributed by atoms with Gasteiger partial charge in [-0.1, -0.05) is 50.1 Å². The fourth-order valence-electron chi connectivity index (χ4n) is 5.56. The summed E-state index contributed by atoms with van der Waals surface area (Å²) in [5.74, 6) is 1.86. The third kappa shape index (κ3) is 8.36. The number of unbranched alkanes of at least 4 members (excludes halogenated alkanes) is 2. The average Bonchev–Trinajstić information content (AvgIpc) is 3.66. The van der Waals surface area contributed by atoms with Crippen LogP contribution >= 0.6 is 11.3 Å². The number of likely N-dealkylation sites (tertiary alicyclic amines) is 1. The van der Waals surface area contributed by atoms with Crippen LogP contribution in [0.1, 0.15) is 63.5 Å². The van der Waals surface area contributed by atoms with E-state index in [1.165, 1.54) is 57.6 Å². The number of ether oxygens (including phenoxy) is 2. The van der Waals surface area contributed by atoms with E-state index in [9.17, 15) is 4.79 Å². The Labute approximate surface area is 254 Å². The minimum absolute atomic E-state index is 0.0325. The molecule has 1 aliphatic heterocycles. The Kier molecular flexibility index (Phi) is 10.9. The van der Waals surface area contributed by atoms with Gasteiger partial charge in [-0.25, -0.2) is 0 Å². The van der Waals surface area contributed by atoms with Crippen LogP contribution in [0.25, 0.3) is 20.5 Å². The van der Waals surface area contributed by atoms with Crippen molar-refractivity contribution >= 4 is 27.3 Å². The average molecular weight is 585 g/mol. The number of nitrogens with zero attached hydrogens (tertiary/aromatic N) is 1. The van der Waals surface area contributed by atoms with Crippen molar-refractivity contribution < 1.29 is 14.3 Å². The fourth-order valence-corrected chi connectivity index (χ4v) is 6.79. The van der Waals surface area contributed by atoms with E-state index >= 15 is 0 Å². The van der Waals surface area contributed by atoms with E-state index in [-0.39, 0.29) is 11.9 Å². The Hall–Kier alpha value is -3.35. The SMILES string of the molecule is CCCCCC(=O)NC(C)COc1ccc(-c2sc3ccccc3c2Cc2ccc(OCCN3CCCC3)cc2)cc1. The predicted molar refractivity (Wildman–Crippen MR) is 175 cm³/mol. The van der Waals surface area contributed by atoms with Gasteiger partial charge in [0.25, 0.3) is 0 Å². The number of hydrogen-bond acceptors (Lipinski definition) is 5. The first-order valence-corrected chi connectivity index (χ1v) is 16.4. The minimum Gasteiger partial charge on any atom is -0.492 e. The third-order valence-electron chi connectivity index (χ3n) is 7.91. The minimum atomic E-state index is -0.0325. The molecule has 2 heterocycles. The van der Waals surface area contributed by atoms with Crippen LogP contribution in [-0.4, -0.2) is 49.7 Å². The molecule has 0 bridgehead atoms. The van der Waals surface area contributed by atoms with Crippen molar-refractivity contribution in [3.05, 3.63) is 83.9 Å². The molecular formula is C36H44N2O3S. The van der Waals surface area contributed by atoms with Gasteiger partial charge < -0.3 is 14.8 Å². The van der Waals surface area contributed by atoms with Crippen LogP contribution in [0.4, 0.5) is 0 Å². The lowest BCUT2D eigenvalue weighted by molar-refractivity contribution is -0.122. The molecule has 0 aliphatic carbocycles. The lowest BCUT2D eigenvalue weighted by Crippen LogP contribution is -2.36. The molecule has 3 aromatic carbocycles. The highest BCUT2D eigenvalue weighted by Gasteiger charge is 2.15. The molecule has 1 amide bonds. The molecule has 1 N–H and O–H groups in total. The van der Waals surface area contributed by atoms with E-state index in [1.807, 2.05) is 30.4 Å². The molecule has 1 aromatic heterocycles. The van der Waals surface area contributed by atoms with Crippen LogP contribution in [0, 0.1) is 0 Å². The highest BCUT2D eigenvalue weighted by Crippen LogP contribution is 2.40. The zero-order chi connectivity index (χ0) is 29.1. The van der Waals surface area contributed by atoms with E-state index < -0.39 is 0 Å².